The van der Waals surface area contributed by atoms with E-state index in [9.17, 15) is 9.59 Å². The van der Waals surface area contributed by atoms with Crippen molar-refractivity contribution in [2.75, 3.05) is 11.9 Å². The largest absolute Gasteiger partial charge is 0.376 e. The lowest BCUT2D eigenvalue weighted by atomic mass is 9.98. The van der Waals surface area contributed by atoms with Crippen LogP contribution in [0.15, 0.2) is 23.0 Å². The molecule has 1 fully saturated rings. The number of anilines is 1. The zero-order valence-corrected chi connectivity index (χ0v) is 11.9. The van der Waals surface area contributed by atoms with Gasteiger partial charge in [0.15, 0.2) is 0 Å². The van der Waals surface area contributed by atoms with Gasteiger partial charge in [0, 0.05) is 29.1 Å². The minimum Gasteiger partial charge on any atom is -0.376 e. The number of nitrogens with zero attached hydrogens (tertiary/aromatic N) is 3. The highest BCUT2D eigenvalue weighted by Crippen LogP contribution is 2.42. The van der Waals surface area contributed by atoms with Gasteiger partial charge in [-0.1, -0.05) is 6.07 Å². The second kappa shape index (κ2) is 4.03. The van der Waals surface area contributed by atoms with Crippen LogP contribution in [0, 0.1) is 5.92 Å². The van der Waals surface area contributed by atoms with Gasteiger partial charge in [0.1, 0.15) is 0 Å². The van der Waals surface area contributed by atoms with Crippen LogP contribution in [0.3, 0.4) is 0 Å². The van der Waals surface area contributed by atoms with Gasteiger partial charge < -0.3 is 10.2 Å². The maximum absolute atomic E-state index is 12.4. The number of nitrogens with one attached hydrogen (secondary N) is 1. The lowest BCUT2D eigenvalue weighted by Gasteiger charge is -2.31. The molecule has 1 aromatic heterocycles. The van der Waals surface area contributed by atoms with Crippen LogP contribution in [0.4, 0.5) is 5.69 Å². The molecule has 110 valence electrons. The fourth-order valence-corrected chi connectivity index (χ4v) is 3.61. The second-order valence-electron chi connectivity index (χ2n) is 6.28. The van der Waals surface area contributed by atoms with Gasteiger partial charge in [-0.25, -0.2) is 0 Å². The Hall–Kier alpha value is -2.50. The number of aromatic nitrogens is 2. The van der Waals surface area contributed by atoms with Crippen molar-refractivity contribution in [3.63, 3.8) is 0 Å². The maximum atomic E-state index is 12.4. The Morgan fingerprint density at radius 3 is 2.95 bits per heavy atom. The lowest BCUT2D eigenvalue weighted by Crippen LogP contribution is -2.40. The van der Waals surface area contributed by atoms with Crippen LogP contribution in [-0.2, 0) is 11.3 Å². The Kier molecular flexibility index (Phi) is 2.21. The van der Waals surface area contributed by atoms with Crippen LogP contribution in [0.25, 0.3) is 10.8 Å². The van der Waals surface area contributed by atoms with Crippen LogP contribution < -0.4 is 10.9 Å². The summed E-state index contributed by atoms with van der Waals surface area (Å²) in [4.78, 5) is 26.4. The maximum Gasteiger partial charge on any atom is 0.296 e. The Labute approximate surface area is 126 Å². The van der Waals surface area contributed by atoms with E-state index in [1.165, 1.54) is 0 Å². The van der Waals surface area contributed by atoms with Crippen molar-refractivity contribution in [2.24, 2.45) is 5.92 Å². The van der Waals surface area contributed by atoms with Crippen molar-refractivity contribution in [1.82, 2.24) is 15.1 Å². The highest BCUT2D eigenvalue weighted by molar-refractivity contribution is 5.99. The fourth-order valence-electron chi connectivity index (χ4n) is 3.61. The van der Waals surface area contributed by atoms with Gasteiger partial charge >= 0.3 is 0 Å². The van der Waals surface area contributed by atoms with Gasteiger partial charge in [-0.15, -0.1) is 10.2 Å². The topological polar surface area (TPSA) is 75.2 Å². The van der Waals surface area contributed by atoms with E-state index in [4.69, 9.17) is 0 Å². The van der Waals surface area contributed by atoms with E-state index < -0.39 is 0 Å². The quantitative estimate of drug-likeness (QED) is 0.855. The molecule has 3 aliphatic rings. The Morgan fingerprint density at radius 2 is 2.14 bits per heavy atom. The SMILES string of the molecule is O=C(C1CC1)N1Cc2nnc(=O)c3cccc4c3c2C(C1)N4. The minimum atomic E-state index is -0.311. The van der Waals surface area contributed by atoms with E-state index in [1.807, 2.05) is 17.0 Å². The summed E-state index contributed by atoms with van der Waals surface area (Å²) in [6, 6.07) is 5.62. The molecule has 1 amide bonds. The van der Waals surface area contributed by atoms with Gasteiger partial charge in [-0.2, -0.15) is 0 Å². The van der Waals surface area contributed by atoms with Gasteiger partial charge in [0.25, 0.3) is 5.56 Å². The Morgan fingerprint density at radius 1 is 1.27 bits per heavy atom. The van der Waals surface area contributed by atoms with Crippen molar-refractivity contribution in [3.05, 3.63) is 39.8 Å². The molecule has 2 aromatic rings. The van der Waals surface area contributed by atoms with Crippen molar-refractivity contribution in [3.8, 4) is 0 Å². The summed E-state index contributed by atoms with van der Waals surface area (Å²) < 4.78 is 0. The van der Waals surface area contributed by atoms with Gasteiger partial charge in [0.05, 0.1) is 23.7 Å². The van der Waals surface area contributed by atoms with Crippen LogP contribution in [0.2, 0.25) is 0 Å². The van der Waals surface area contributed by atoms with Crippen molar-refractivity contribution in [1.29, 1.82) is 0 Å². The highest BCUT2D eigenvalue weighted by atomic mass is 16.2. The molecule has 22 heavy (non-hydrogen) atoms. The number of rotatable bonds is 1. The molecular formula is C16H14N4O2. The third kappa shape index (κ3) is 1.55. The molecule has 0 bridgehead atoms. The molecule has 3 heterocycles. The van der Waals surface area contributed by atoms with Gasteiger partial charge in [-0.3, -0.25) is 9.59 Å². The number of hydrogen-bond donors (Lipinski definition) is 1. The molecule has 0 saturated heterocycles. The van der Waals surface area contributed by atoms with E-state index >= 15 is 0 Å². The molecule has 1 saturated carbocycles. The normalized spacial score (nSPS) is 21.8. The molecule has 2 aliphatic heterocycles. The minimum absolute atomic E-state index is 0.00690. The van der Waals surface area contributed by atoms with E-state index in [2.05, 4.69) is 15.5 Å². The first-order valence-electron chi connectivity index (χ1n) is 7.60. The summed E-state index contributed by atoms with van der Waals surface area (Å²) in [6.45, 7) is 1.08. The Bertz CT molecular complexity index is 891. The monoisotopic (exact) mass is 294 g/mol. The zero-order valence-electron chi connectivity index (χ0n) is 11.9. The molecule has 0 radical (unpaired) electrons. The molecule has 1 aromatic carbocycles. The summed E-state index contributed by atoms with van der Waals surface area (Å²) >= 11 is 0. The first kappa shape index (κ1) is 12.1. The van der Waals surface area contributed by atoms with Crippen LogP contribution in [0.5, 0.6) is 0 Å². The standard InChI is InChI=1S/C16H14N4O2/c21-15-9-2-1-3-10-13(9)14-11(17-10)6-20(7-12(14)18-19-15)16(22)8-4-5-8/h1-3,8,11,17H,4-7H2. The van der Waals surface area contributed by atoms with Gasteiger partial charge in [-0.05, 0) is 25.0 Å². The second-order valence-corrected chi connectivity index (χ2v) is 6.28. The number of amides is 1. The number of hydrogen-bond acceptors (Lipinski definition) is 5. The van der Waals surface area contributed by atoms with Crippen molar-refractivity contribution < 1.29 is 4.79 Å². The Balaban J connectivity index is 1.72. The van der Waals surface area contributed by atoms with Crippen molar-refractivity contribution >= 4 is 22.4 Å². The summed E-state index contributed by atoms with van der Waals surface area (Å²) in [7, 11) is 0. The number of carbonyl (C=O) groups excluding carboxylic acids is 1. The molecule has 1 atom stereocenters. The third-order valence-electron chi connectivity index (χ3n) is 4.80. The van der Waals surface area contributed by atoms with E-state index in [1.54, 1.807) is 6.07 Å². The van der Waals surface area contributed by atoms with Crippen LogP contribution >= 0.6 is 0 Å². The molecule has 1 unspecified atom stereocenters. The molecule has 6 heteroatoms. The number of benzene rings is 1. The fraction of sp³-hybridized carbons (Fsp3) is 0.375. The predicted octanol–water partition coefficient (Wildman–Crippen LogP) is 1.21. The predicted molar refractivity (Wildman–Crippen MR) is 80.3 cm³/mol. The summed E-state index contributed by atoms with van der Waals surface area (Å²) in [5.41, 5.74) is 2.42. The molecule has 1 aliphatic carbocycles. The molecule has 5 rings (SSSR count). The molecule has 6 nitrogen and oxygen atoms in total. The zero-order chi connectivity index (χ0) is 14.8. The van der Waals surface area contributed by atoms with E-state index in [-0.39, 0.29) is 23.4 Å². The molecule has 0 spiro atoms. The third-order valence-corrected chi connectivity index (χ3v) is 4.80. The molecular weight excluding hydrogens is 280 g/mol. The van der Waals surface area contributed by atoms with E-state index in [0.717, 1.165) is 35.2 Å². The average Bonchev–Trinajstić information content (AvgIpc) is 3.31. The van der Waals surface area contributed by atoms with Gasteiger partial charge in [0.2, 0.25) is 5.91 Å². The highest BCUT2D eigenvalue weighted by Gasteiger charge is 2.39. The smallest absolute Gasteiger partial charge is 0.296 e. The van der Waals surface area contributed by atoms with Crippen molar-refractivity contribution in [2.45, 2.75) is 25.4 Å². The first-order chi connectivity index (χ1) is 10.7. The molecule has 1 N–H and O–H groups in total. The number of carbonyl (C=O) groups is 1. The summed E-state index contributed by atoms with van der Waals surface area (Å²) in [6.07, 6.45) is 1.98. The summed E-state index contributed by atoms with van der Waals surface area (Å²) in [5, 5.41) is 12.9. The lowest BCUT2D eigenvalue weighted by molar-refractivity contribution is -0.133. The van der Waals surface area contributed by atoms with Crippen LogP contribution in [0.1, 0.15) is 30.1 Å². The first-order valence-corrected chi connectivity index (χ1v) is 7.60. The average molecular weight is 294 g/mol. The van der Waals surface area contributed by atoms with Crippen LogP contribution in [-0.4, -0.2) is 27.5 Å². The summed E-state index contributed by atoms with van der Waals surface area (Å²) in [5.74, 6) is 0.390. The van der Waals surface area contributed by atoms with E-state index in [0.29, 0.717) is 18.5 Å².